The van der Waals surface area contributed by atoms with Gasteiger partial charge in [-0.2, -0.15) is 0 Å². The molecule has 4 rings (SSSR count). The molecule has 1 saturated heterocycles. The van der Waals surface area contributed by atoms with E-state index >= 15 is 0 Å². The number of para-hydroxylation sites is 1. The number of amides is 2. The fourth-order valence-corrected chi connectivity index (χ4v) is 3.77. The molecular formula is C21H20ClN3O2. The molecule has 3 aromatic rings. The molecule has 138 valence electrons. The van der Waals surface area contributed by atoms with Gasteiger partial charge in [-0.15, -0.1) is 0 Å². The fourth-order valence-electron chi connectivity index (χ4n) is 3.60. The number of aryl methyl sites for hydroxylation is 1. The van der Waals surface area contributed by atoms with Crippen LogP contribution < -0.4 is 5.32 Å². The molecule has 1 aliphatic rings. The molecule has 5 nitrogen and oxygen atoms in total. The third kappa shape index (κ3) is 3.43. The third-order valence-corrected chi connectivity index (χ3v) is 5.34. The lowest BCUT2D eigenvalue weighted by atomic mass is 10.1. The summed E-state index contributed by atoms with van der Waals surface area (Å²) in [5.41, 5.74) is 3.64. The van der Waals surface area contributed by atoms with E-state index in [1.54, 1.807) is 17.0 Å². The van der Waals surface area contributed by atoms with E-state index < -0.39 is 6.04 Å². The van der Waals surface area contributed by atoms with E-state index in [4.69, 9.17) is 11.6 Å². The third-order valence-electron chi connectivity index (χ3n) is 5.10. The maximum absolute atomic E-state index is 12.9. The predicted octanol–water partition coefficient (Wildman–Crippen LogP) is 4.26. The number of anilines is 1. The molecule has 1 aromatic heterocycles. The Morgan fingerprint density at radius 1 is 1.30 bits per heavy atom. The Morgan fingerprint density at radius 2 is 2.11 bits per heavy atom. The van der Waals surface area contributed by atoms with Crippen LogP contribution >= 0.6 is 11.6 Å². The molecule has 27 heavy (non-hydrogen) atoms. The highest BCUT2D eigenvalue weighted by atomic mass is 35.5. The molecule has 6 heteroatoms. The second-order valence-electron chi connectivity index (χ2n) is 6.88. The number of hydrogen-bond donors (Lipinski definition) is 2. The molecule has 2 N–H and O–H groups in total. The van der Waals surface area contributed by atoms with Gasteiger partial charge in [0.05, 0.1) is 0 Å². The molecule has 1 atom stereocenters. The number of rotatable bonds is 4. The zero-order chi connectivity index (χ0) is 19.0. The molecular weight excluding hydrogens is 362 g/mol. The van der Waals surface area contributed by atoms with Crippen LogP contribution in [0.3, 0.4) is 0 Å². The normalized spacial score (nSPS) is 16.9. The maximum Gasteiger partial charge on any atom is 0.247 e. The van der Waals surface area contributed by atoms with Crippen molar-refractivity contribution in [1.29, 1.82) is 0 Å². The van der Waals surface area contributed by atoms with Crippen molar-refractivity contribution >= 4 is 40.0 Å². The number of nitrogens with one attached hydrogen (secondary N) is 2. The summed E-state index contributed by atoms with van der Waals surface area (Å²) in [6, 6.07) is 12.9. The van der Waals surface area contributed by atoms with Gasteiger partial charge in [0.2, 0.25) is 11.8 Å². The Labute approximate surface area is 162 Å². The van der Waals surface area contributed by atoms with Gasteiger partial charge in [-0.25, -0.2) is 0 Å². The Kier molecular flexibility index (Phi) is 4.62. The van der Waals surface area contributed by atoms with E-state index in [0.717, 1.165) is 22.0 Å². The van der Waals surface area contributed by atoms with Gasteiger partial charge in [0.1, 0.15) is 6.04 Å². The number of H-pyrrole nitrogens is 1. The summed E-state index contributed by atoms with van der Waals surface area (Å²) in [6.45, 7) is 2.32. The Hall–Kier alpha value is -2.79. The summed E-state index contributed by atoms with van der Waals surface area (Å²) in [5.74, 6) is -0.172. The summed E-state index contributed by atoms with van der Waals surface area (Å²) in [6.07, 6.45) is 2.81. The number of aromatic nitrogens is 1. The molecule has 1 aliphatic heterocycles. The van der Waals surface area contributed by atoms with Crippen LogP contribution in [0.15, 0.2) is 48.7 Å². The average Bonchev–Trinajstić information content (AvgIpc) is 3.23. The van der Waals surface area contributed by atoms with Crippen molar-refractivity contribution in [2.24, 2.45) is 0 Å². The van der Waals surface area contributed by atoms with Gasteiger partial charge in [-0.05, 0) is 42.7 Å². The number of fused-ring (bicyclic) bond motifs is 1. The van der Waals surface area contributed by atoms with Crippen LogP contribution in [-0.2, 0) is 16.1 Å². The van der Waals surface area contributed by atoms with Crippen LogP contribution in [0.5, 0.6) is 0 Å². The fraction of sp³-hybridized carbons (Fsp3) is 0.238. The van der Waals surface area contributed by atoms with Gasteiger partial charge < -0.3 is 15.2 Å². The molecule has 2 heterocycles. The molecule has 1 fully saturated rings. The van der Waals surface area contributed by atoms with Crippen molar-refractivity contribution in [2.45, 2.75) is 32.4 Å². The first-order valence-electron chi connectivity index (χ1n) is 8.94. The van der Waals surface area contributed by atoms with Crippen LogP contribution in [0.25, 0.3) is 10.9 Å². The monoisotopic (exact) mass is 381 g/mol. The number of carbonyl (C=O) groups is 2. The van der Waals surface area contributed by atoms with Crippen molar-refractivity contribution in [3.05, 3.63) is 64.8 Å². The molecule has 0 saturated carbocycles. The summed E-state index contributed by atoms with van der Waals surface area (Å²) >= 11 is 6.04. The highest BCUT2D eigenvalue weighted by Crippen LogP contribution is 2.27. The highest BCUT2D eigenvalue weighted by molar-refractivity contribution is 6.31. The van der Waals surface area contributed by atoms with Gasteiger partial charge >= 0.3 is 0 Å². The van der Waals surface area contributed by atoms with Crippen molar-refractivity contribution in [1.82, 2.24) is 9.88 Å². The zero-order valence-electron chi connectivity index (χ0n) is 15.0. The average molecular weight is 382 g/mol. The number of benzene rings is 2. The van der Waals surface area contributed by atoms with E-state index in [9.17, 15) is 9.59 Å². The van der Waals surface area contributed by atoms with Crippen molar-refractivity contribution in [3.8, 4) is 0 Å². The topological polar surface area (TPSA) is 65.2 Å². The number of nitrogens with zero attached hydrogens (tertiary/aromatic N) is 1. The number of likely N-dealkylation sites (tertiary alicyclic amines) is 1. The summed E-state index contributed by atoms with van der Waals surface area (Å²) in [5, 5.41) is 4.57. The second-order valence-corrected chi connectivity index (χ2v) is 7.32. The van der Waals surface area contributed by atoms with Crippen LogP contribution in [0.1, 0.15) is 24.0 Å². The second kappa shape index (κ2) is 7.08. The van der Waals surface area contributed by atoms with Gasteiger partial charge in [0.15, 0.2) is 0 Å². The summed E-state index contributed by atoms with van der Waals surface area (Å²) in [4.78, 5) is 30.2. The molecule has 0 spiro atoms. The molecule has 2 aromatic carbocycles. The van der Waals surface area contributed by atoms with E-state index in [2.05, 4.69) is 10.3 Å². The molecule has 0 radical (unpaired) electrons. The van der Waals surface area contributed by atoms with E-state index in [1.807, 2.05) is 43.5 Å². The minimum atomic E-state index is -0.482. The van der Waals surface area contributed by atoms with Gasteiger partial charge in [-0.3, -0.25) is 9.59 Å². The van der Waals surface area contributed by atoms with Crippen LogP contribution in [-0.4, -0.2) is 27.7 Å². The highest BCUT2D eigenvalue weighted by Gasteiger charge is 2.36. The minimum Gasteiger partial charge on any atom is -0.361 e. The lowest BCUT2D eigenvalue weighted by Gasteiger charge is -2.24. The lowest BCUT2D eigenvalue weighted by molar-refractivity contribution is -0.133. The molecule has 0 bridgehead atoms. The number of aromatic amines is 1. The number of halogens is 1. The summed E-state index contributed by atoms with van der Waals surface area (Å²) < 4.78 is 0. The van der Waals surface area contributed by atoms with Crippen molar-refractivity contribution < 1.29 is 9.59 Å². The predicted molar refractivity (Wildman–Crippen MR) is 107 cm³/mol. The van der Waals surface area contributed by atoms with Crippen LogP contribution in [0, 0.1) is 6.92 Å². The van der Waals surface area contributed by atoms with E-state index in [1.165, 1.54) is 0 Å². The van der Waals surface area contributed by atoms with Crippen LogP contribution in [0.4, 0.5) is 5.69 Å². The Bertz CT molecular complexity index is 1030. The number of hydrogen-bond acceptors (Lipinski definition) is 2. The smallest absolute Gasteiger partial charge is 0.247 e. The molecule has 1 unspecified atom stereocenters. The largest absolute Gasteiger partial charge is 0.361 e. The van der Waals surface area contributed by atoms with Crippen molar-refractivity contribution in [2.75, 3.05) is 5.32 Å². The van der Waals surface area contributed by atoms with E-state index in [-0.39, 0.29) is 11.8 Å². The number of carbonyl (C=O) groups excluding carboxylic acids is 2. The van der Waals surface area contributed by atoms with Crippen molar-refractivity contribution in [3.63, 3.8) is 0 Å². The van der Waals surface area contributed by atoms with Gasteiger partial charge in [-0.1, -0.05) is 35.9 Å². The van der Waals surface area contributed by atoms with Crippen LogP contribution in [0.2, 0.25) is 5.02 Å². The molecule has 0 aliphatic carbocycles. The lowest BCUT2D eigenvalue weighted by Crippen LogP contribution is -2.41. The standard InChI is InChI=1S/C21H20ClN3O2/c1-13-6-7-15(22)10-18(13)24-21(27)19-8-9-20(26)25(19)12-14-11-23-17-5-3-2-4-16(14)17/h2-7,10-11,19,23H,8-9,12H2,1H3,(H,24,27). The maximum atomic E-state index is 12.9. The SMILES string of the molecule is Cc1ccc(Cl)cc1NC(=O)C1CCC(=O)N1Cc1c[nH]c2ccccc12. The van der Waals surface area contributed by atoms with Gasteiger partial charge in [0, 0.05) is 40.8 Å². The quantitative estimate of drug-likeness (QED) is 0.709. The zero-order valence-corrected chi connectivity index (χ0v) is 15.7. The Morgan fingerprint density at radius 3 is 2.96 bits per heavy atom. The van der Waals surface area contributed by atoms with E-state index in [0.29, 0.717) is 30.1 Å². The summed E-state index contributed by atoms with van der Waals surface area (Å²) in [7, 11) is 0. The van der Waals surface area contributed by atoms with Gasteiger partial charge in [0.25, 0.3) is 0 Å². The first kappa shape index (κ1) is 17.6. The first-order chi connectivity index (χ1) is 13.0. The first-order valence-corrected chi connectivity index (χ1v) is 9.32. The molecule has 2 amide bonds. The Balaban J connectivity index is 1.56. The minimum absolute atomic E-state index is 0.00301.